The Morgan fingerprint density at radius 2 is 2.29 bits per heavy atom. The number of nitrogens with one attached hydrogen (secondary N) is 1. The van der Waals surface area contributed by atoms with Crippen LogP contribution in [0.3, 0.4) is 0 Å². The largest absolute Gasteiger partial charge is 0.465 e. The van der Waals surface area contributed by atoms with Gasteiger partial charge in [0.2, 0.25) is 0 Å². The van der Waals surface area contributed by atoms with Crippen molar-refractivity contribution in [1.29, 1.82) is 0 Å². The fourth-order valence-corrected chi connectivity index (χ4v) is 2.52. The van der Waals surface area contributed by atoms with Gasteiger partial charge in [0, 0.05) is 7.05 Å². The maximum absolute atomic E-state index is 11.3. The zero-order valence-corrected chi connectivity index (χ0v) is 10.9. The Morgan fingerprint density at radius 1 is 1.59 bits per heavy atom. The molecule has 0 aliphatic rings. The Hall–Kier alpha value is -1.35. The highest BCUT2D eigenvalue weighted by Crippen LogP contribution is 2.18. The number of rotatable bonds is 4. The van der Waals surface area contributed by atoms with E-state index < -0.39 is 11.7 Å². The summed E-state index contributed by atoms with van der Waals surface area (Å²) in [5.74, 6) is -0.319. The summed E-state index contributed by atoms with van der Waals surface area (Å²) < 4.78 is 5.96. The molecule has 0 atom stereocenters. The van der Waals surface area contributed by atoms with Crippen LogP contribution in [0, 0.1) is 0 Å². The van der Waals surface area contributed by atoms with Crippen LogP contribution in [0.5, 0.6) is 0 Å². The first-order chi connectivity index (χ1) is 8.08. The molecular weight excluding hydrogens is 266 g/mol. The molecule has 7 nitrogen and oxygen atoms in total. The summed E-state index contributed by atoms with van der Waals surface area (Å²) in [5.41, 5.74) is -0.652. The normalized spacial score (nSPS) is 10.0. The van der Waals surface area contributed by atoms with Crippen LogP contribution in [0.25, 0.3) is 0 Å². The molecule has 1 rings (SSSR count). The summed E-state index contributed by atoms with van der Waals surface area (Å²) >= 11 is 1.95. The van der Waals surface area contributed by atoms with E-state index in [9.17, 15) is 14.4 Å². The predicted octanol–water partition coefficient (Wildman–Crippen LogP) is 0.148. The summed E-state index contributed by atoms with van der Waals surface area (Å²) in [6.07, 6.45) is 0. The van der Waals surface area contributed by atoms with E-state index in [0.717, 1.165) is 27.3 Å². The number of carbonyl (C=O) groups excluding carboxylic acids is 2. The zero-order chi connectivity index (χ0) is 12.8. The number of aromatic nitrogens is 2. The quantitative estimate of drug-likeness (QED) is 0.622. The van der Waals surface area contributed by atoms with Crippen molar-refractivity contribution in [3.8, 4) is 0 Å². The van der Waals surface area contributed by atoms with Gasteiger partial charge in [-0.1, -0.05) is 11.8 Å². The third-order valence-corrected chi connectivity index (χ3v) is 3.59. The van der Waals surface area contributed by atoms with Crippen LogP contribution < -0.4 is 11.0 Å². The van der Waals surface area contributed by atoms with Crippen molar-refractivity contribution in [3.63, 3.8) is 0 Å². The monoisotopic (exact) mass is 277 g/mol. The number of hydrogen-bond acceptors (Lipinski definition) is 7. The highest BCUT2D eigenvalue weighted by atomic mass is 32.2. The maximum Gasteiger partial charge on any atom is 0.367 e. The van der Waals surface area contributed by atoms with E-state index in [1.807, 2.05) is 0 Å². The number of thioether (sulfide) groups is 1. The lowest BCUT2D eigenvalue weighted by Gasteiger charge is -1.98. The van der Waals surface area contributed by atoms with Gasteiger partial charge < -0.3 is 10.1 Å². The number of amides is 1. The molecule has 9 heteroatoms. The summed E-state index contributed by atoms with van der Waals surface area (Å²) in [7, 11) is 1.42. The molecule has 1 aromatic rings. The minimum absolute atomic E-state index is 0.0640. The standard InChI is InChI=1S/C8H11N3O4S2/c1-3-15-5(12)4-16-8-10-7(14)11(17-8)6(13)9-2/h3-4H2,1-2H3,(H,9,13). The van der Waals surface area contributed by atoms with Crippen LogP contribution >= 0.6 is 23.3 Å². The second-order valence-electron chi connectivity index (χ2n) is 2.69. The average Bonchev–Trinajstić information content (AvgIpc) is 2.67. The van der Waals surface area contributed by atoms with E-state index in [1.165, 1.54) is 7.05 Å². The Morgan fingerprint density at radius 3 is 2.88 bits per heavy atom. The van der Waals surface area contributed by atoms with Gasteiger partial charge in [0.1, 0.15) is 0 Å². The maximum atomic E-state index is 11.3. The Labute approximate surface area is 105 Å². The SMILES string of the molecule is CCOC(=O)CSc1nc(=O)n(C(=O)NC)s1. The van der Waals surface area contributed by atoms with Gasteiger partial charge >= 0.3 is 17.7 Å². The summed E-state index contributed by atoms with van der Waals surface area (Å²) in [5, 5.41) is 2.31. The summed E-state index contributed by atoms with van der Waals surface area (Å²) in [4.78, 5) is 37.2. The highest BCUT2D eigenvalue weighted by molar-refractivity contribution is 8.01. The number of hydrogen-bond donors (Lipinski definition) is 1. The van der Waals surface area contributed by atoms with Gasteiger partial charge in [0.25, 0.3) is 0 Å². The summed E-state index contributed by atoms with van der Waals surface area (Å²) in [6, 6.07) is -0.546. The molecule has 17 heavy (non-hydrogen) atoms. The topological polar surface area (TPSA) is 90.3 Å². The Kier molecular flexibility index (Phi) is 5.16. The van der Waals surface area contributed by atoms with E-state index in [-0.39, 0.29) is 11.7 Å². The minimum Gasteiger partial charge on any atom is -0.465 e. The molecule has 1 heterocycles. The average molecular weight is 277 g/mol. The van der Waals surface area contributed by atoms with Crippen molar-refractivity contribution < 1.29 is 14.3 Å². The van der Waals surface area contributed by atoms with Crippen LogP contribution in [0.15, 0.2) is 9.13 Å². The molecule has 0 unspecified atom stereocenters. The number of carbonyl (C=O) groups is 2. The zero-order valence-electron chi connectivity index (χ0n) is 9.26. The van der Waals surface area contributed by atoms with E-state index in [4.69, 9.17) is 4.74 Å². The van der Waals surface area contributed by atoms with E-state index in [0.29, 0.717) is 10.9 Å². The van der Waals surface area contributed by atoms with Crippen molar-refractivity contribution in [3.05, 3.63) is 10.5 Å². The van der Waals surface area contributed by atoms with Gasteiger partial charge in [-0.05, 0) is 18.5 Å². The highest BCUT2D eigenvalue weighted by Gasteiger charge is 2.13. The third-order valence-electron chi connectivity index (χ3n) is 1.55. The van der Waals surface area contributed by atoms with Crippen LogP contribution in [-0.2, 0) is 9.53 Å². The Bertz CT molecular complexity index is 468. The second kappa shape index (κ2) is 6.40. The van der Waals surface area contributed by atoms with Gasteiger partial charge in [-0.15, -0.1) is 0 Å². The first-order valence-electron chi connectivity index (χ1n) is 4.69. The number of esters is 1. The molecule has 0 saturated carbocycles. The lowest BCUT2D eigenvalue weighted by molar-refractivity contribution is -0.139. The Balaban J connectivity index is 2.65. The van der Waals surface area contributed by atoms with Crippen molar-refractivity contribution in [1.82, 2.24) is 14.3 Å². The van der Waals surface area contributed by atoms with Crippen molar-refractivity contribution >= 4 is 35.3 Å². The van der Waals surface area contributed by atoms with Gasteiger partial charge in [0.05, 0.1) is 12.4 Å². The van der Waals surface area contributed by atoms with Gasteiger partial charge in [-0.3, -0.25) is 4.79 Å². The van der Waals surface area contributed by atoms with E-state index in [2.05, 4.69) is 10.3 Å². The van der Waals surface area contributed by atoms with Gasteiger partial charge in [-0.25, -0.2) is 9.59 Å². The van der Waals surface area contributed by atoms with E-state index in [1.54, 1.807) is 6.92 Å². The second-order valence-corrected chi connectivity index (χ2v) is 4.85. The summed E-state index contributed by atoms with van der Waals surface area (Å²) in [6.45, 7) is 2.02. The molecule has 1 aromatic heterocycles. The van der Waals surface area contributed by atoms with Crippen molar-refractivity contribution in [2.75, 3.05) is 19.4 Å². The first kappa shape index (κ1) is 13.7. The number of nitrogens with zero attached hydrogens (tertiary/aromatic N) is 2. The lowest BCUT2D eigenvalue weighted by Crippen LogP contribution is -2.30. The van der Waals surface area contributed by atoms with Crippen LogP contribution in [0.1, 0.15) is 6.92 Å². The van der Waals surface area contributed by atoms with Crippen LogP contribution in [-0.4, -0.2) is 40.3 Å². The molecule has 0 spiro atoms. The fourth-order valence-electron chi connectivity index (χ4n) is 0.873. The molecule has 0 radical (unpaired) electrons. The first-order valence-corrected chi connectivity index (χ1v) is 6.45. The molecule has 0 aliphatic carbocycles. The molecule has 0 aliphatic heterocycles. The van der Waals surface area contributed by atoms with Crippen LogP contribution in [0.4, 0.5) is 4.79 Å². The smallest absolute Gasteiger partial charge is 0.367 e. The minimum atomic E-state index is -0.652. The molecule has 0 bridgehead atoms. The van der Waals surface area contributed by atoms with E-state index >= 15 is 0 Å². The van der Waals surface area contributed by atoms with Crippen LogP contribution in [0.2, 0.25) is 0 Å². The van der Waals surface area contributed by atoms with Crippen molar-refractivity contribution in [2.24, 2.45) is 0 Å². The van der Waals surface area contributed by atoms with Crippen molar-refractivity contribution in [2.45, 2.75) is 11.3 Å². The molecule has 1 amide bonds. The number of ether oxygens (including phenoxy) is 1. The lowest BCUT2D eigenvalue weighted by atomic mass is 10.8. The molecule has 0 saturated heterocycles. The molecule has 1 N–H and O–H groups in total. The molecule has 0 fully saturated rings. The van der Waals surface area contributed by atoms with Gasteiger partial charge in [-0.2, -0.15) is 8.94 Å². The fraction of sp³-hybridized carbons (Fsp3) is 0.500. The predicted molar refractivity (Wildman–Crippen MR) is 63.6 cm³/mol. The third kappa shape index (κ3) is 3.86. The molecule has 0 aromatic carbocycles. The molecule has 94 valence electrons. The van der Waals surface area contributed by atoms with Gasteiger partial charge in [0.15, 0.2) is 4.34 Å². The molecular formula is C8H11N3O4S2.